The molecule has 1 unspecified atom stereocenters. The summed E-state index contributed by atoms with van der Waals surface area (Å²) in [5.41, 5.74) is 2.80. The van der Waals surface area contributed by atoms with Crippen LogP contribution in [-0.2, 0) is 4.79 Å². The molecular weight excluding hydrogens is 476 g/mol. The molecule has 0 saturated carbocycles. The molecule has 0 aliphatic heterocycles. The van der Waals surface area contributed by atoms with Crippen molar-refractivity contribution >= 4 is 35.3 Å². The highest BCUT2D eigenvalue weighted by Gasteiger charge is 2.25. The molecule has 0 bridgehead atoms. The molecule has 3 rings (SSSR count). The van der Waals surface area contributed by atoms with Gasteiger partial charge in [0.1, 0.15) is 23.3 Å². The highest BCUT2D eigenvalue weighted by molar-refractivity contribution is 6.31. The summed E-state index contributed by atoms with van der Waals surface area (Å²) >= 11 is 5.93. The van der Waals surface area contributed by atoms with Crippen LogP contribution in [0.15, 0.2) is 64.1 Å². The SMILES string of the molecule is COc1ccc(-c2ccc(C=NNC(=O)C(NC(=O)c3cccc(Cl)c3)C(C)C)o2)c([N+](=O)[O-])c1. The zero-order valence-corrected chi connectivity index (χ0v) is 19.9. The smallest absolute Gasteiger partial charge is 0.284 e. The third-order valence-corrected chi connectivity index (χ3v) is 5.22. The Balaban J connectivity index is 1.68. The maximum Gasteiger partial charge on any atom is 0.284 e. The number of nitrogens with zero attached hydrogens (tertiary/aromatic N) is 2. The fourth-order valence-corrected chi connectivity index (χ4v) is 3.37. The lowest BCUT2D eigenvalue weighted by Crippen LogP contribution is -2.48. The van der Waals surface area contributed by atoms with Crippen LogP contribution in [0.2, 0.25) is 5.02 Å². The second-order valence-corrected chi connectivity index (χ2v) is 8.22. The number of amides is 2. The Hall–Kier alpha value is -4.18. The Morgan fingerprint density at radius 2 is 1.94 bits per heavy atom. The Bertz CT molecular complexity index is 1270. The molecule has 0 aliphatic carbocycles. The summed E-state index contributed by atoms with van der Waals surface area (Å²) in [7, 11) is 1.42. The first-order valence-corrected chi connectivity index (χ1v) is 10.9. The molecule has 10 nitrogen and oxygen atoms in total. The van der Waals surface area contributed by atoms with Gasteiger partial charge >= 0.3 is 0 Å². The number of carbonyl (C=O) groups excluding carboxylic acids is 2. The molecule has 2 aromatic carbocycles. The van der Waals surface area contributed by atoms with Crippen LogP contribution < -0.4 is 15.5 Å². The van der Waals surface area contributed by atoms with E-state index in [1.54, 1.807) is 50.2 Å². The van der Waals surface area contributed by atoms with Crippen LogP contribution >= 0.6 is 11.6 Å². The van der Waals surface area contributed by atoms with Crippen LogP contribution in [0.3, 0.4) is 0 Å². The zero-order valence-electron chi connectivity index (χ0n) is 19.2. The topological polar surface area (TPSA) is 136 Å². The normalized spacial score (nSPS) is 11.9. The number of furan rings is 1. The summed E-state index contributed by atoms with van der Waals surface area (Å²) in [4.78, 5) is 36.0. The summed E-state index contributed by atoms with van der Waals surface area (Å²) in [6, 6.07) is 13.1. The predicted octanol–water partition coefficient (Wildman–Crippen LogP) is 4.42. The number of nitrogens with one attached hydrogen (secondary N) is 2. The monoisotopic (exact) mass is 498 g/mol. The molecule has 2 amide bonds. The number of nitro benzene ring substituents is 1. The maximum absolute atomic E-state index is 12.6. The Morgan fingerprint density at radius 3 is 2.60 bits per heavy atom. The number of ether oxygens (including phenoxy) is 1. The first kappa shape index (κ1) is 25.4. The average molecular weight is 499 g/mol. The number of methoxy groups -OCH3 is 1. The molecule has 0 radical (unpaired) electrons. The van der Waals surface area contributed by atoms with Gasteiger partial charge < -0.3 is 14.5 Å². The zero-order chi connectivity index (χ0) is 25.5. The van der Waals surface area contributed by atoms with Gasteiger partial charge in [0.2, 0.25) is 0 Å². The third kappa shape index (κ3) is 6.45. The molecule has 0 aliphatic rings. The first-order chi connectivity index (χ1) is 16.7. The fourth-order valence-electron chi connectivity index (χ4n) is 3.18. The molecule has 1 atom stereocenters. The van der Waals surface area contributed by atoms with Gasteiger partial charge in [-0.3, -0.25) is 19.7 Å². The van der Waals surface area contributed by atoms with E-state index < -0.39 is 22.8 Å². The predicted molar refractivity (Wildman–Crippen MR) is 131 cm³/mol. The number of hydrogen-bond acceptors (Lipinski definition) is 7. The summed E-state index contributed by atoms with van der Waals surface area (Å²) in [6.07, 6.45) is 1.26. The summed E-state index contributed by atoms with van der Waals surface area (Å²) in [5.74, 6) is -0.334. The lowest BCUT2D eigenvalue weighted by molar-refractivity contribution is -0.384. The molecule has 182 valence electrons. The van der Waals surface area contributed by atoms with Crippen molar-refractivity contribution in [3.8, 4) is 17.1 Å². The summed E-state index contributed by atoms with van der Waals surface area (Å²) < 4.78 is 10.7. The average Bonchev–Trinajstić information content (AvgIpc) is 3.30. The van der Waals surface area contributed by atoms with Crippen LogP contribution in [0.25, 0.3) is 11.3 Å². The molecule has 2 N–H and O–H groups in total. The van der Waals surface area contributed by atoms with E-state index in [2.05, 4.69) is 15.8 Å². The standard InChI is InChI=1S/C24H23ClN4O6/c1-14(2)22(27-23(30)15-5-4-6-16(25)11-15)24(31)28-26-13-18-8-10-21(35-18)19-9-7-17(34-3)12-20(19)29(32)33/h4-14,22H,1-3H3,(H,27,30)(H,28,31). The highest BCUT2D eigenvalue weighted by atomic mass is 35.5. The third-order valence-electron chi connectivity index (χ3n) is 4.98. The number of halogens is 1. The molecule has 1 heterocycles. The molecule has 0 spiro atoms. The Kier molecular flexibility index (Phi) is 8.21. The van der Waals surface area contributed by atoms with Crippen molar-refractivity contribution in [2.45, 2.75) is 19.9 Å². The van der Waals surface area contributed by atoms with Gasteiger partial charge in [-0.25, -0.2) is 5.43 Å². The molecular formula is C24H23ClN4O6. The van der Waals surface area contributed by atoms with Crippen molar-refractivity contribution in [1.29, 1.82) is 0 Å². The van der Waals surface area contributed by atoms with Gasteiger partial charge in [-0.1, -0.05) is 31.5 Å². The van der Waals surface area contributed by atoms with E-state index >= 15 is 0 Å². The molecule has 3 aromatic rings. The molecule has 0 fully saturated rings. The van der Waals surface area contributed by atoms with Gasteiger partial charge in [0.25, 0.3) is 17.5 Å². The van der Waals surface area contributed by atoms with Crippen molar-refractivity contribution in [3.63, 3.8) is 0 Å². The second-order valence-electron chi connectivity index (χ2n) is 7.78. The van der Waals surface area contributed by atoms with Gasteiger partial charge in [-0.15, -0.1) is 0 Å². The van der Waals surface area contributed by atoms with E-state index in [0.29, 0.717) is 16.3 Å². The van der Waals surface area contributed by atoms with Gasteiger partial charge in [0, 0.05) is 10.6 Å². The van der Waals surface area contributed by atoms with E-state index in [-0.39, 0.29) is 28.7 Å². The first-order valence-electron chi connectivity index (χ1n) is 10.5. The Morgan fingerprint density at radius 1 is 1.17 bits per heavy atom. The number of nitro groups is 1. The van der Waals surface area contributed by atoms with Gasteiger partial charge in [0.05, 0.1) is 29.9 Å². The molecule has 35 heavy (non-hydrogen) atoms. The van der Waals surface area contributed by atoms with Gasteiger partial charge in [-0.05, 0) is 48.4 Å². The van der Waals surface area contributed by atoms with Crippen molar-refractivity contribution in [2.75, 3.05) is 7.11 Å². The number of hydrazone groups is 1. The number of hydrogen-bond donors (Lipinski definition) is 2. The van der Waals surface area contributed by atoms with E-state index in [1.165, 1.54) is 31.5 Å². The number of carbonyl (C=O) groups is 2. The number of benzene rings is 2. The van der Waals surface area contributed by atoms with Crippen LogP contribution in [0.1, 0.15) is 30.0 Å². The van der Waals surface area contributed by atoms with Crippen LogP contribution in [-0.4, -0.2) is 36.1 Å². The lowest BCUT2D eigenvalue weighted by Gasteiger charge is -2.20. The maximum atomic E-state index is 12.6. The molecule has 1 aromatic heterocycles. The van der Waals surface area contributed by atoms with E-state index in [0.717, 1.165) is 0 Å². The molecule has 0 saturated heterocycles. The largest absolute Gasteiger partial charge is 0.497 e. The minimum Gasteiger partial charge on any atom is -0.497 e. The Labute approximate surface area is 206 Å². The number of rotatable bonds is 9. The van der Waals surface area contributed by atoms with Crippen LogP contribution in [0.5, 0.6) is 5.75 Å². The minimum absolute atomic E-state index is 0.175. The molecule has 11 heteroatoms. The highest BCUT2D eigenvalue weighted by Crippen LogP contribution is 2.33. The van der Waals surface area contributed by atoms with Gasteiger partial charge in [-0.2, -0.15) is 5.10 Å². The van der Waals surface area contributed by atoms with Crippen molar-refractivity contribution in [1.82, 2.24) is 10.7 Å². The lowest BCUT2D eigenvalue weighted by atomic mass is 10.0. The fraction of sp³-hybridized carbons (Fsp3) is 0.208. The summed E-state index contributed by atoms with van der Waals surface area (Å²) in [5, 5.41) is 18.4. The van der Waals surface area contributed by atoms with Crippen molar-refractivity contribution < 1.29 is 23.7 Å². The van der Waals surface area contributed by atoms with Crippen molar-refractivity contribution in [3.05, 3.63) is 81.1 Å². The van der Waals surface area contributed by atoms with E-state index in [4.69, 9.17) is 20.8 Å². The van der Waals surface area contributed by atoms with Crippen molar-refractivity contribution in [2.24, 2.45) is 11.0 Å². The van der Waals surface area contributed by atoms with Crippen LogP contribution in [0, 0.1) is 16.0 Å². The quantitative estimate of drug-likeness (QED) is 0.254. The van der Waals surface area contributed by atoms with Crippen LogP contribution in [0.4, 0.5) is 5.69 Å². The summed E-state index contributed by atoms with van der Waals surface area (Å²) in [6.45, 7) is 3.57. The van der Waals surface area contributed by atoms with Gasteiger partial charge in [0.15, 0.2) is 0 Å². The van der Waals surface area contributed by atoms with E-state index in [9.17, 15) is 19.7 Å². The second kappa shape index (κ2) is 11.3. The van der Waals surface area contributed by atoms with E-state index in [1.807, 2.05) is 0 Å². The minimum atomic E-state index is -0.854.